The Kier molecular flexibility index (Phi) is 6.56. The van der Waals surface area contributed by atoms with Gasteiger partial charge in [0.1, 0.15) is 5.69 Å². The first-order valence-corrected chi connectivity index (χ1v) is 11.2. The van der Waals surface area contributed by atoms with Gasteiger partial charge in [-0.05, 0) is 50.1 Å². The van der Waals surface area contributed by atoms with Crippen molar-refractivity contribution < 1.29 is 14.3 Å². The first-order chi connectivity index (χ1) is 15.6. The number of ether oxygens (including phenoxy) is 1. The molecule has 1 amide bonds. The monoisotopic (exact) mass is 445 g/mol. The van der Waals surface area contributed by atoms with Crippen molar-refractivity contribution in [3.63, 3.8) is 0 Å². The Morgan fingerprint density at radius 3 is 2.44 bits per heavy atom. The smallest absolute Gasteiger partial charge is 0.339 e. The normalized spacial score (nSPS) is 10.8. The van der Waals surface area contributed by atoms with E-state index in [4.69, 9.17) is 4.74 Å². The van der Waals surface area contributed by atoms with Gasteiger partial charge in [0.05, 0.1) is 28.1 Å². The molecule has 4 rings (SSSR count). The van der Waals surface area contributed by atoms with Crippen molar-refractivity contribution in [2.75, 3.05) is 18.1 Å². The van der Waals surface area contributed by atoms with Crippen LogP contribution in [0.15, 0.2) is 66.7 Å². The number of pyridine rings is 1. The first kappa shape index (κ1) is 21.6. The molecule has 0 spiro atoms. The van der Waals surface area contributed by atoms with E-state index < -0.39 is 5.97 Å². The van der Waals surface area contributed by atoms with Crippen molar-refractivity contribution in [1.82, 2.24) is 9.97 Å². The van der Waals surface area contributed by atoms with Crippen LogP contribution in [0.25, 0.3) is 10.2 Å². The van der Waals surface area contributed by atoms with E-state index in [0.29, 0.717) is 29.4 Å². The predicted molar refractivity (Wildman–Crippen MR) is 126 cm³/mol. The highest BCUT2D eigenvalue weighted by Gasteiger charge is 2.23. The van der Waals surface area contributed by atoms with E-state index in [-0.39, 0.29) is 18.2 Å². The van der Waals surface area contributed by atoms with Crippen LogP contribution in [0.1, 0.15) is 39.0 Å². The van der Waals surface area contributed by atoms with Gasteiger partial charge in [-0.15, -0.1) is 0 Å². The molecule has 0 saturated heterocycles. The minimum atomic E-state index is -0.441. The van der Waals surface area contributed by atoms with Gasteiger partial charge < -0.3 is 4.74 Å². The van der Waals surface area contributed by atoms with Crippen LogP contribution in [0.4, 0.5) is 5.13 Å². The van der Waals surface area contributed by atoms with Gasteiger partial charge in [-0.1, -0.05) is 53.8 Å². The summed E-state index contributed by atoms with van der Waals surface area (Å²) in [6.45, 7) is 4.20. The molecule has 0 bridgehead atoms. The van der Waals surface area contributed by atoms with E-state index in [0.717, 1.165) is 15.8 Å². The molecular formula is C25H23N3O3S. The standard InChI is InChI=1S/C25H23N3O3S/c1-3-31-24(30)19-13-14-21(26-17(19)2)23(29)28(16-15-18-9-5-4-6-10-18)25-27-20-11-7-8-12-22(20)32-25/h4-14H,3,15-16H2,1-2H3. The molecule has 2 aromatic carbocycles. The molecule has 6 nitrogen and oxygen atoms in total. The fourth-order valence-corrected chi connectivity index (χ4v) is 4.38. The molecule has 2 heterocycles. The van der Waals surface area contributed by atoms with Crippen LogP contribution in [-0.2, 0) is 11.2 Å². The van der Waals surface area contributed by atoms with Gasteiger partial charge >= 0.3 is 5.97 Å². The van der Waals surface area contributed by atoms with Crippen LogP contribution in [0, 0.1) is 6.92 Å². The average molecular weight is 446 g/mol. The summed E-state index contributed by atoms with van der Waals surface area (Å²) < 4.78 is 6.08. The molecule has 162 valence electrons. The van der Waals surface area contributed by atoms with E-state index >= 15 is 0 Å². The maximum absolute atomic E-state index is 13.5. The number of carbonyl (C=O) groups is 2. The van der Waals surface area contributed by atoms with Crippen LogP contribution < -0.4 is 4.90 Å². The van der Waals surface area contributed by atoms with Crippen molar-refractivity contribution in [2.45, 2.75) is 20.3 Å². The van der Waals surface area contributed by atoms with Crippen LogP contribution >= 0.6 is 11.3 Å². The van der Waals surface area contributed by atoms with Crippen LogP contribution in [0.2, 0.25) is 0 Å². The molecule has 0 atom stereocenters. The summed E-state index contributed by atoms with van der Waals surface area (Å²) in [6, 6.07) is 21.0. The number of anilines is 1. The van der Waals surface area contributed by atoms with E-state index in [9.17, 15) is 9.59 Å². The molecule has 32 heavy (non-hydrogen) atoms. The quantitative estimate of drug-likeness (QED) is 0.372. The summed E-state index contributed by atoms with van der Waals surface area (Å²) in [7, 11) is 0. The molecule has 0 unspecified atom stereocenters. The van der Waals surface area contributed by atoms with E-state index in [2.05, 4.69) is 9.97 Å². The fourth-order valence-electron chi connectivity index (χ4n) is 3.39. The number of esters is 1. The lowest BCUT2D eigenvalue weighted by molar-refractivity contribution is 0.0524. The number of carbonyl (C=O) groups excluding carboxylic acids is 2. The number of nitrogens with zero attached hydrogens (tertiary/aromatic N) is 3. The summed E-state index contributed by atoms with van der Waals surface area (Å²) in [4.78, 5) is 36.4. The Balaban J connectivity index is 1.66. The molecular weight excluding hydrogens is 422 g/mol. The predicted octanol–water partition coefficient (Wildman–Crippen LogP) is 5.07. The number of fused-ring (bicyclic) bond motifs is 1. The lowest BCUT2D eigenvalue weighted by atomic mass is 10.1. The van der Waals surface area contributed by atoms with Crippen LogP contribution in [0.3, 0.4) is 0 Å². The van der Waals surface area contributed by atoms with Gasteiger partial charge in [0, 0.05) is 6.54 Å². The van der Waals surface area contributed by atoms with Crippen LogP contribution in [-0.4, -0.2) is 35.0 Å². The number of aromatic nitrogens is 2. The molecule has 2 aromatic heterocycles. The molecule has 0 aliphatic rings. The van der Waals surface area contributed by atoms with Crippen molar-refractivity contribution >= 4 is 38.6 Å². The van der Waals surface area contributed by atoms with E-state index in [1.807, 2.05) is 54.6 Å². The Morgan fingerprint density at radius 2 is 1.72 bits per heavy atom. The molecule has 4 aromatic rings. The summed E-state index contributed by atoms with van der Waals surface area (Å²) in [6.07, 6.45) is 0.683. The lowest BCUT2D eigenvalue weighted by Gasteiger charge is -2.20. The second kappa shape index (κ2) is 9.70. The highest BCUT2D eigenvalue weighted by molar-refractivity contribution is 7.22. The zero-order chi connectivity index (χ0) is 22.5. The number of aryl methyl sites for hydroxylation is 1. The van der Waals surface area contributed by atoms with E-state index in [1.165, 1.54) is 11.3 Å². The van der Waals surface area contributed by atoms with Crippen LogP contribution in [0.5, 0.6) is 0 Å². The molecule has 7 heteroatoms. The third-order valence-corrected chi connectivity index (χ3v) is 6.09. The van der Waals surface area contributed by atoms with Crippen molar-refractivity contribution in [1.29, 1.82) is 0 Å². The Morgan fingerprint density at radius 1 is 0.969 bits per heavy atom. The minimum Gasteiger partial charge on any atom is -0.462 e. The van der Waals surface area contributed by atoms with Gasteiger partial charge in [-0.2, -0.15) is 0 Å². The zero-order valence-electron chi connectivity index (χ0n) is 17.9. The Bertz CT molecular complexity index is 1220. The summed E-state index contributed by atoms with van der Waals surface area (Å²) in [5, 5.41) is 0.626. The number of para-hydroxylation sites is 1. The summed E-state index contributed by atoms with van der Waals surface area (Å²) >= 11 is 1.47. The van der Waals surface area contributed by atoms with Crippen molar-refractivity contribution in [3.8, 4) is 0 Å². The SMILES string of the molecule is CCOC(=O)c1ccc(C(=O)N(CCc2ccccc2)c2nc3ccccc3s2)nc1C. The minimum absolute atomic E-state index is 0.251. The van der Waals surface area contributed by atoms with Gasteiger partial charge in [0.15, 0.2) is 5.13 Å². The van der Waals surface area contributed by atoms with Gasteiger partial charge in [0.2, 0.25) is 0 Å². The second-order valence-corrected chi connectivity index (χ2v) is 8.22. The largest absolute Gasteiger partial charge is 0.462 e. The van der Waals surface area contributed by atoms with Crippen molar-refractivity contribution in [2.24, 2.45) is 0 Å². The first-order valence-electron chi connectivity index (χ1n) is 10.4. The number of benzene rings is 2. The number of thiazole rings is 1. The third-order valence-electron chi connectivity index (χ3n) is 5.03. The highest BCUT2D eigenvalue weighted by Crippen LogP contribution is 2.29. The molecule has 0 fully saturated rings. The van der Waals surface area contributed by atoms with Gasteiger partial charge in [0.25, 0.3) is 5.91 Å². The Hall–Kier alpha value is -3.58. The number of hydrogen-bond acceptors (Lipinski definition) is 6. The lowest BCUT2D eigenvalue weighted by Crippen LogP contribution is -2.33. The Labute approximate surface area is 190 Å². The number of hydrogen-bond donors (Lipinski definition) is 0. The third kappa shape index (κ3) is 4.68. The number of rotatable bonds is 7. The number of amides is 1. The van der Waals surface area contributed by atoms with Gasteiger partial charge in [-0.25, -0.2) is 14.8 Å². The average Bonchev–Trinajstić information content (AvgIpc) is 3.23. The molecule has 0 N–H and O–H groups in total. The topological polar surface area (TPSA) is 72.4 Å². The summed E-state index contributed by atoms with van der Waals surface area (Å²) in [5.74, 6) is -0.692. The second-order valence-electron chi connectivity index (χ2n) is 7.21. The van der Waals surface area contributed by atoms with Crippen molar-refractivity contribution in [3.05, 3.63) is 89.2 Å². The van der Waals surface area contributed by atoms with E-state index in [1.54, 1.807) is 30.9 Å². The molecule has 0 aliphatic carbocycles. The van der Waals surface area contributed by atoms with Gasteiger partial charge in [-0.3, -0.25) is 9.69 Å². The fraction of sp³-hybridized carbons (Fsp3) is 0.200. The molecule has 0 radical (unpaired) electrons. The molecule has 0 aliphatic heterocycles. The highest BCUT2D eigenvalue weighted by atomic mass is 32.1. The molecule has 0 saturated carbocycles. The zero-order valence-corrected chi connectivity index (χ0v) is 18.8. The maximum Gasteiger partial charge on any atom is 0.339 e. The summed E-state index contributed by atoms with van der Waals surface area (Å²) in [5.41, 5.74) is 3.07. The maximum atomic E-state index is 13.5.